The molecule has 0 aliphatic rings. The molecule has 3 heteroatoms. The van der Waals surface area contributed by atoms with Crippen molar-refractivity contribution in [3.05, 3.63) is 76.7 Å². The first-order valence-corrected chi connectivity index (χ1v) is 8.63. The molecule has 0 spiro atoms. The highest BCUT2D eigenvalue weighted by Crippen LogP contribution is 2.19. The first-order valence-electron chi connectivity index (χ1n) is 8.25. The van der Waals surface area contributed by atoms with Gasteiger partial charge in [0.2, 0.25) is 0 Å². The molecule has 3 aromatic rings. The molecule has 0 aliphatic carbocycles. The summed E-state index contributed by atoms with van der Waals surface area (Å²) >= 11 is 6.25. The van der Waals surface area contributed by atoms with E-state index in [0.717, 1.165) is 34.4 Å². The number of pyridine rings is 1. The van der Waals surface area contributed by atoms with Crippen molar-refractivity contribution < 1.29 is 0 Å². The Kier molecular flexibility index (Phi) is 4.77. The zero-order chi connectivity index (χ0) is 17.2. The summed E-state index contributed by atoms with van der Waals surface area (Å²) in [7, 11) is 0. The van der Waals surface area contributed by atoms with Gasteiger partial charge in [0.25, 0.3) is 0 Å². The molecule has 0 atom stereocenters. The van der Waals surface area contributed by atoms with Crippen LogP contribution in [0.4, 0.5) is 0 Å². The third-order valence-corrected chi connectivity index (χ3v) is 4.11. The lowest BCUT2D eigenvalue weighted by Crippen LogP contribution is -2.15. The van der Waals surface area contributed by atoms with Crippen LogP contribution in [0.2, 0.25) is 5.02 Å². The lowest BCUT2D eigenvalue weighted by molar-refractivity contribution is 0.426. The molecule has 0 aliphatic heterocycles. The number of halogens is 1. The molecular weight excluding hydrogens is 316 g/mol. The van der Waals surface area contributed by atoms with Crippen LogP contribution in [-0.4, -0.2) is 11.1 Å². The van der Waals surface area contributed by atoms with Crippen molar-refractivity contribution in [2.24, 2.45) is 10.4 Å². The summed E-state index contributed by atoms with van der Waals surface area (Å²) in [5.41, 5.74) is 2.55. The molecular formula is C21H23ClN2. The van der Waals surface area contributed by atoms with Crippen LogP contribution in [0.3, 0.4) is 0 Å². The maximum Gasteiger partial charge on any atom is 0.0682 e. The van der Waals surface area contributed by atoms with E-state index in [1.807, 2.05) is 18.2 Å². The fourth-order valence-corrected chi connectivity index (χ4v) is 2.83. The molecule has 24 heavy (non-hydrogen) atoms. The lowest BCUT2D eigenvalue weighted by atomic mass is 9.97. The largest absolute Gasteiger partial charge is 0.343 e. The average Bonchev–Trinajstić information content (AvgIpc) is 2.54. The van der Waals surface area contributed by atoms with Crippen LogP contribution >= 0.6 is 11.6 Å². The van der Waals surface area contributed by atoms with Crippen LogP contribution in [0.5, 0.6) is 0 Å². The lowest BCUT2D eigenvalue weighted by Gasteiger charge is -2.15. The van der Waals surface area contributed by atoms with Crippen molar-refractivity contribution in [1.29, 1.82) is 0 Å². The molecule has 0 saturated carbocycles. The molecule has 124 valence electrons. The summed E-state index contributed by atoms with van der Waals surface area (Å²) in [5.74, 6) is 0. The second kappa shape index (κ2) is 6.82. The highest BCUT2D eigenvalue weighted by atomic mass is 35.5. The van der Waals surface area contributed by atoms with Gasteiger partial charge in [-0.1, -0.05) is 62.7 Å². The minimum Gasteiger partial charge on any atom is -0.343 e. The summed E-state index contributed by atoms with van der Waals surface area (Å²) in [6.07, 6.45) is 2.10. The van der Waals surface area contributed by atoms with E-state index in [-0.39, 0.29) is 5.41 Å². The fourth-order valence-electron chi connectivity index (χ4n) is 2.67. The highest BCUT2D eigenvalue weighted by molar-refractivity contribution is 6.31. The van der Waals surface area contributed by atoms with E-state index in [4.69, 9.17) is 16.6 Å². The third kappa shape index (κ3) is 4.07. The normalized spacial score (nSPS) is 12.8. The number of fused-ring (bicyclic) bond motifs is 1. The van der Waals surface area contributed by atoms with Gasteiger partial charge in [0.1, 0.15) is 0 Å². The molecule has 0 saturated heterocycles. The van der Waals surface area contributed by atoms with Gasteiger partial charge in [0.15, 0.2) is 0 Å². The molecule has 1 heterocycles. The second-order valence-corrected chi connectivity index (χ2v) is 7.79. The van der Waals surface area contributed by atoms with Crippen molar-refractivity contribution in [2.75, 3.05) is 6.54 Å². The van der Waals surface area contributed by atoms with E-state index in [9.17, 15) is 0 Å². The number of aromatic nitrogens is 1. The van der Waals surface area contributed by atoms with E-state index >= 15 is 0 Å². The Balaban J connectivity index is 2.11. The van der Waals surface area contributed by atoms with Gasteiger partial charge in [-0.25, -0.2) is 0 Å². The SMILES string of the molecule is CC(C)(C)CN=c1ccn(Cc2ccccc2)c2cc(Cl)ccc12. The summed E-state index contributed by atoms with van der Waals surface area (Å²) in [6.45, 7) is 8.22. The summed E-state index contributed by atoms with van der Waals surface area (Å²) in [6, 6.07) is 18.6. The zero-order valence-corrected chi connectivity index (χ0v) is 15.2. The van der Waals surface area contributed by atoms with Gasteiger partial charge < -0.3 is 4.57 Å². The van der Waals surface area contributed by atoms with Gasteiger partial charge >= 0.3 is 0 Å². The van der Waals surface area contributed by atoms with Crippen molar-refractivity contribution in [3.63, 3.8) is 0 Å². The van der Waals surface area contributed by atoms with Crippen LogP contribution in [-0.2, 0) is 6.54 Å². The summed E-state index contributed by atoms with van der Waals surface area (Å²) in [4.78, 5) is 4.83. The zero-order valence-electron chi connectivity index (χ0n) is 14.5. The first kappa shape index (κ1) is 16.8. The minimum absolute atomic E-state index is 0.175. The van der Waals surface area contributed by atoms with Crippen LogP contribution in [0, 0.1) is 5.41 Å². The minimum atomic E-state index is 0.175. The predicted molar refractivity (Wildman–Crippen MR) is 102 cm³/mol. The van der Waals surface area contributed by atoms with Crippen LogP contribution in [0.15, 0.2) is 65.8 Å². The van der Waals surface area contributed by atoms with Crippen molar-refractivity contribution in [3.8, 4) is 0 Å². The second-order valence-electron chi connectivity index (χ2n) is 7.35. The van der Waals surface area contributed by atoms with E-state index < -0.39 is 0 Å². The molecule has 1 aromatic heterocycles. The predicted octanol–water partition coefficient (Wildman–Crippen LogP) is 5.29. The standard InChI is InChI=1S/C21H23ClN2/c1-21(2,3)15-23-19-11-12-24(14-16-7-5-4-6-8-16)20-13-17(22)9-10-18(19)20/h4-13H,14-15H2,1-3H3. The number of hydrogen-bond acceptors (Lipinski definition) is 1. The molecule has 2 aromatic carbocycles. The Morgan fingerprint density at radius 3 is 2.46 bits per heavy atom. The molecule has 3 rings (SSSR count). The molecule has 0 N–H and O–H groups in total. The highest BCUT2D eigenvalue weighted by Gasteiger charge is 2.09. The van der Waals surface area contributed by atoms with Crippen LogP contribution < -0.4 is 5.36 Å². The van der Waals surface area contributed by atoms with E-state index in [2.05, 4.69) is 67.9 Å². The van der Waals surface area contributed by atoms with Crippen molar-refractivity contribution in [2.45, 2.75) is 27.3 Å². The molecule has 0 unspecified atom stereocenters. The number of hydrogen-bond donors (Lipinski definition) is 0. The Labute approximate surface area is 148 Å². The Morgan fingerprint density at radius 1 is 1.00 bits per heavy atom. The van der Waals surface area contributed by atoms with Gasteiger partial charge in [0, 0.05) is 29.7 Å². The summed E-state index contributed by atoms with van der Waals surface area (Å²) in [5, 5.41) is 2.92. The maximum atomic E-state index is 6.25. The number of nitrogens with zero attached hydrogens (tertiary/aromatic N) is 2. The van der Waals surface area contributed by atoms with Crippen molar-refractivity contribution in [1.82, 2.24) is 4.57 Å². The monoisotopic (exact) mass is 338 g/mol. The average molecular weight is 339 g/mol. The molecule has 0 amide bonds. The quantitative estimate of drug-likeness (QED) is 0.617. The Morgan fingerprint density at radius 2 is 1.75 bits per heavy atom. The number of rotatable bonds is 3. The topological polar surface area (TPSA) is 17.3 Å². The van der Waals surface area contributed by atoms with Gasteiger partial charge in [-0.3, -0.25) is 4.99 Å². The molecule has 0 radical (unpaired) electrons. The molecule has 2 nitrogen and oxygen atoms in total. The van der Waals surface area contributed by atoms with Crippen LogP contribution in [0.25, 0.3) is 10.9 Å². The van der Waals surface area contributed by atoms with Gasteiger partial charge in [0.05, 0.1) is 10.9 Å². The molecule has 0 bridgehead atoms. The maximum absolute atomic E-state index is 6.25. The fraction of sp³-hybridized carbons (Fsp3) is 0.286. The Bertz CT molecular complexity index is 903. The van der Waals surface area contributed by atoms with Gasteiger partial charge in [-0.2, -0.15) is 0 Å². The van der Waals surface area contributed by atoms with E-state index in [1.165, 1.54) is 5.56 Å². The van der Waals surface area contributed by atoms with Crippen molar-refractivity contribution >= 4 is 22.5 Å². The van der Waals surface area contributed by atoms with E-state index in [0.29, 0.717) is 0 Å². The first-order chi connectivity index (χ1) is 11.4. The number of benzene rings is 2. The molecule has 0 fully saturated rings. The third-order valence-electron chi connectivity index (χ3n) is 3.88. The van der Waals surface area contributed by atoms with E-state index in [1.54, 1.807) is 0 Å². The van der Waals surface area contributed by atoms with Gasteiger partial charge in [-0.05, 0) is 35.2 Å². The van der Waals surface area contributed by atoms with Crippen LogP contribution in [0.1, 0.15) is 26.3 Å². The summed E-state index contributed by atoms with van der Waals surface area (Å²) < 4.78 is 2.23. The smallest absolute Gasteiger partial charge is 0.0682 e. The van der Waals surface area contributed by atoms with Gasteiger partial charge in [-0.15, -0.1) is 0 Å². The Hall–Kier alpha value is -2.06.